The number of rotatable bonds is 8. The van der Waals surface area contributed by atoms with Gasteiger partial charge in [-0.25, -0.2) is 9.59 Å². The zero-order valence-electron chi connectivity index (χ0n) is 17.4. The molecule has 0 saturated carbocycles. The molecule has 2 N–H and O–H groups in total. The normalized spacial score (nSPS) is 18.3. The Labute approximate surface area is 167 Å². The van der Waals surface area contributed by atoms with E-state index in [0.717, 1.165) is 12.2 Å². The highest BCUT2D eigenvalue weighted by molar-refractivity contribution is 5.89. The second-order valence-electron chi connectivity index (χ2n) is 6.97. The minimum absolute atomic E-state index is 0.558. The third kappa shape index (κ3) is 7.00. The molecule has 0 aromatic heterocycles. The summed E-state index contributed by atoms with van der Waals surface area (Å²) in [6.45, 7) is 9.41. The summed E-state index contributed by atoms with van der Waals surface area (Å²) in [4.78, 5) is 21.8. The van der Waals surface area contributed by atoms with E-state index >= 15 is 0 Å². The van der Waals surface area contributed by atoms with Gasteiger partial charge in [-0.1, -0.05) is 32.9 Å². The van der Waals surface area contributed by atoms with Gasteiger partial charge < -0.3 is 14.9 Å². The molecule has 0 bridgehead atoms. The van der Waals surface area contributed by atoms with Crippen LogP contribution in [0, 0.1) is 0 Å². The van der Waals surface area contributed by atoms with E-state index < -0.39 is 11.9 Å². The fourth-order valence-corrected chi connectivity index (χ4v) is 3.88. The van der Waals surface area contributed by atoms with Crippen molar-refractivity contribution in [2.45, 2.75) is 58.4 Å². The Hall–Kier alpha value is -2.34. The molecule has 6 nitrogen and oxygen atoms in total. The fourth-order valence-electron chi connectivity index (χ4n) is 3.88. The average Bonchev–Trinajstić information content (AvgIpc) is 2.67. The second kappa shape index (κ2) is 12.2. The molecule has 0 heterocycles. The lowest BCUT2D eigenvalue weighted by Crippen LogP contribution is -2.42. The number of carboxylic acid groups (broad SMARTS) is 2. The van der Waals surface area contributed by atoms with Crippen molar-refractivity contribution < 1.29 is 24.5 Å². The van der Waals surface area contributed by atoms with Crippen LogP contribution in [0.15, 0.2) is 30.4 Å². The highest BCUT2D eigenvalue weighted by atomic mass is 16.5. The van der Waals surface area contributed by atoms with Gasteiger partial charge in [-0.3, -0.25) is 4.90 Å². The van der Waals surface area contributed by atoms with Crippen LogP contribution in [-0.2, 0) is 16.0 Å². The summed E-state index contributed by atoms with van der Waals surface area (Å²) >= 11 is 0. The molecule has 2 atom stereocenters. The van der Waals surface area contributed by atoms with Crippen LogP contribution in [-0.4, -0.2) is 53.3 Å². The highest BCUT2D eigenvalue weighted by Crippen LogP contribution is 2.38. The van der Waals surface area contributed by atoms with Gasteiger partial charge in [-0.05, 0) is 61.9 Å². The Morgan fingerprint density at radius 1 is 1.14 bits per heavy atom. The molecule has 1 aromatic rings. The molecule has 0 amide bonds. The van der Waals surface area contributed by atoms with Crippen molar-refractivity contribution in [3.05, 3.63) is 41.5 Å². The van der Waals surface area contributed by atoms with Crippen molar-refractivity contribution in [2.24, 2.45) is 0 Å². The van der Waals surface area contributed by atoms with E-state index in [-0.39, 0.29) is 0 Å². The molecule has 1 aromatic carbocycles. The van der Waals surface area contributed by atoms with Gasteiger partial charge in [-0.15, -0.1) is 0 Å². The second-order valence-corrected chi connectivity index (χ2v) is 6.97. The summed E-state index contributed by atoms with van der Waals surface area (Å²) in [5.41, 5.74) is 2.93. The lowest BCUT2D eigenvalue weighted by molar-refractivity contribution is -0.134. The minimum atomic E-state index is -1.26. The quantitative estimate of drug-likeness (QED) is 0.653. The van der Waals surface area contributed by atoms with Crippen LogP contribution >= 0.6 is 0 Å². The van der Waals surface area contributed by atoms with Crippen LogP contribution in [0.2, 0.25) is 0 Å². The maximum absolute atomic E-state index is 9.55. The van der Waals surface area contributed by atoms with Gasteiger partial charge in [0.1, 0.15) is 5.75 Å². The predicted octanol–water partition coefficient (Wildman–Crippen LogP) is 3.95. The van der Waals surface area contributed by atoms with Crippen LogP contribution in [0.3, 0.4) is 0 Å². The van der Waals surface area contributed by atoms with Crippen molar-refractivity contribution in [2.75, 3.05) is 20.2 Å². The van der Waals surface area contributed by atoms with Gasteiger partial charge in [-0.2, -0.15) is 0 Å². The van der Waals surface area contributed by atoms with E-state index in [1.54, 1.807) is 7.11 Å². The van der Waals surface area contributed by atoms with E-state index in [0.29, 0.717) is 24.1 Å². The van der Waals surface area contributed by atoms with Crippen molar-refractivity contribution in [1.82, 2.24) is 4.90 Å². The molecular formula is C22H33NO5. The maximum Gasteiger partial charge on any atom is 0.328 e. The first-order chi connectivity index (χ1) is 13.3. The lowest BCUT2D eigenvalue weighted by atomic mass is 9.79. The van der Waals surface area contributed by atoms with Crippen LogP contribution < -0.4 is 4.74 Å². The number of ether oxygens (including phenoxy) is 1. The third-order valence-electron chi connectivity index (χ3n) is 5.01. The Bertz CT molecular complexity index is 649. The van der Waals surface area contributed by atoms with Crippen LogP contribution in [0.1, 0.15) is 57.1 Å². The van der Waals surface area contributed by atoms with E-state index in [1.165, 1.54) is 43.5 Å². The molecule has 28 heavy (non-hydrogen) atoms. The van der Waals surface area contributed by atoms with E-state index in [1.807, 2.05) is 0 Å². The first-order valence-corrected chi connectivity index (χ1v) is 9.89. The summed E-state index contributed by atoms with van der Waals surface area (Å²) in [6, 6.07) is 7.22. The van der Waals surface area contributed by atoms with Gasteiger partial charge >= 0.3 is 11.9 Å². The summed E-state index contributed by atoms with van der Waals surface area (Å²) in [7, 11) is 1.78. The molecule has 1 aliphatic carbocycles. The van der Waals surface area contributed by atoms with E-state index in [2.05, 4.69) is 43.9 Å². The number of aliphatic carboxylic acids is 2. The number of fused-ring (bicyclic) bond motifs is 1. The molecule has 156 valence electrons. The number of hydrogen-bond acceptors (Lipinski definition) is 4. The van der Waals surface area contributed by atoms with E-state index in [4.69, 9.17) is 14.9 Å². The molecule has 1 aliphatic rings. The van der Waals surface area contributed by atoms with Crippen molar-refractivity contribution >= 4 is 11.9 Å². The Balaban J connectivity index is 0.000000416. The first-order valence-electron chi connectivity index (χ1n) is 9.89. The lowest BCUT2D eigenvalue weighted by Gasteiger charge is -2.40. The molecule has 2 rings (SSSR count). The van der Waals surface area contributed by atoms with Gasteiger partial charge in [0, 0.05) is 18.2 Å². The van der Waals surface area contributed by atoms with Crippen LogP contribution in [0.4, 0.5) is 0 Å². The zero-order valence-corrected chi connectivity index (χ0v) is 17.4. The van der Waals surface area contributed by atoms with Crippen molar-refractivity contribution in [1.29, 1.82) is 0 Å². The molecule has 0 spiro atoms. The van der Waals surface area contributed by atoms with Crippen LogP contribution in [0.5, 0.6) is 5.75 Å². The van der Waals surface area contributed by atoms with Crippen LogP contribution in [0.25, 0.3) is 0 Å². The number of hydrogen-bond donors (Lipinski definition) is 2. The SMILES string of the molecule is CCCN(CCC)[C@H]1CCc2c(OC)cccc2[C@H]1C.O=C(O)C=CC(=O)O. The van der Waals surface area contributed by atoms with Gasteiger partial charge in [0.2, 0.25) is 0 Å². The zero-order chi connectivity index (χ0) is 21.1. The molecule has 0 aliphatic heterocycles. The third-order valence-corrected chi connectivity index (χ3v) is 5.01. The first kappa shape index (κ1) is 23.7. The number of carboxylic acids is 2. The Kier molecular flexibility index (Phi) is 10.3. The number of carbonyl (C=O) groups is 2. The molecule has 0 unspecified atom stereocenters. The largest absolute Gasteiger partial charge is 0.496 e. The molecular weight excluding hydrogens is 358 g/mol. The van der Waals surface area contributed by atoms with Gasteiger partial charge in [0.05, 0.1) is 7.11 Å². The molecule has 6 heteroatoms. The van der Waals surface area contributed by atoms with Gasteiger partial charge in [0.25, 0.3) is 0 Å². The predicted molar refractivity (Wildman–Crippen MR) is 110 cm³/mol. The summed E-state index contributed by atoms with van der Waals surface area (Å²) in [5, 5.41) is 15.6. The summed E-state index contributed by atoms with van der Waals surface area (Å²) < 4.78 is 5.54. The average molecular weight is 392 g/mol. The Morgan fingerprint density at radius 2 is 1.71 bits per heavy atom. The standard InChI is InChI=1S/C18H29NO.C4H4O4/c1-5-12-19(13-6-2)17-11-10-16-15(14(17)3)8-7-9-18(16)20-4;5-3(6)1-2-4(7)8/h7-9,14,17H,5-6,10-13H2,1-4H3;1-2H,(H,5,6)(H,7,8)/t14-,17+;/m1./s1. The topological polar surface area (TPSA) is 87.1 Å². The smallest absolute Gasteiger partial charge is 0.328 e. The maximum atomic E-state index is 9.55. The molecule has 0 saturated heterocycles. The highest BCUT2D eigenvalue weighted by Gasteiger charge is 2.31. The molecule has 0 radical (unpaired) electrons. The molecule has 0 fully saturated rings. The van der Waals surface area contributed by atoms with E-state index in [9.17, 15) is 9.59 Å². The van der Waals surface area contributed by atoms with Crippen molar-refractivity contribution in [3.63, 3.8) is 0 Å². The number of nitrogens with zero attached hydrogens (tertiary/aromatic N) is 1. The minimum Gasteiger partial charge on any atom is -0.496 e. The fraction of sp³-hybridized carbons (Fsp3) is 0.545. The monoisotopic (exact) mass is 391 g/mol. The van der Waals surface area contributed by atoms with Crippen molar-refractivity contribution in [3.8, 4) is 5.75 Å². The summed E-state index contributed by atoms with van der Waals surface area (Å²) in [5.74, 6) is -0.836. The van der Waals surface area contributed by atoms with Gasteiger partial charge in [0.15, 0.2) is 0 Å². The number of benzene rings is 1. The number of methoxy groups -OCH3 is 1. The Morgan fingerprint density at radius 3 is 2.18 bits per heavy atom. The summed E-state index contributed by atoms with van der Waals surface area (Å²) in [6.07, 6.45) is 6.01.